The first-order valence-electron chi connectivity index (χ1n) is 10.8. The summed E-state index contributed by atoms with van der Waals surface area (Å²) >= 11 is 7.08. The Bertz CT molecular complexity index is 1150. The molecule has 1 atom stereocenters. The highest BCUT2D eigenvalue weighted by molar-refractivity contribution is 7.18. The van der Waals surface area contributed by atoms with Gasteiger partial charge < -0.3 is 25.2 Å². The van der Waals surface area contributed by atoms with Crippen molar-refractivity contribution < 1.29 is 23.9 Å². The van der Waals surface area contributed by atoms with Gasteiger partial charge in [-0.2, -0.15) is 0 Å². The molecule has 0 spiro atoms. The summed E-state index contributed by atoms with van der Waals surface area (Å²) in [7, 11) is 0. The summed E-state index contributed by atoms with van der Waals surface area (Å²) in [6, 6.07) is 8.50. The van der Waals surface area contributed by atoms with E-state index in [-0.39, 0.29) is 31.4 Å². The highest BCUT2D eigenvalue weighted by Crippen LogP contribution is 2.29. The van der Waals surface area contributed by atoms with Crippen LogP contribution in [0.25, 0.3) is 0 Å². The van der Waals surface area contributed by atoms with Crippen molar-refractivity contribution in [2.75, 3.05) is 43.1 Å². The molecule has 1 aromatic heterocycles. The molecule has 2 saturated heterocycles. The van der Waals surface area contributed by atoms with Crippen molar-refractivity contribution in [3.8, 4) is 0 Å². The number of hydrogen-bond acceptors (Lipinski definition) is 6. The minimum atomic E-state index is -1.29. The Morgan fingerprint density at radius 1 is 1.18 bits per heavy atom. The topological polar surface area (TPSA) is 108 Å². The van der Waals surface area contributed by atoms with Crippen molar-refractivity contribution in [2.45, 2.75) is 25.8 Å². The van der Waals surface area contributed by atoms with Crippen LogP contribution in [0, 0.1) is 6.92 Å². The first kappa shape index (κ1) is 24.2. The summed E-state index contributed by atoms with van der Waals surface area (Å²) in [5.41, 5.74) is 0.816. The maximum absolute atomic E-state index is 13.5. The van der Waals surface area contributed by atoms with Gasteiger partial charge in [-0.1, -0.05) is 11.6 Å². The Labute approximate surface area is 206 Å². The number of amides is 4. The SMILES string of the molecule is CC(=O)N1CCC(NC(=O)c2ccc(Cl)s2)(C(=O)Nc2ccc(N3CCOCC3=O)c(C)c2)C1. The molecule has 1 aromatic carbocycles. The zero-order valence-electron chi connectivity index (χ0n) is 18.9. The van der Waals surface area contributed by atoms with E-state index in [9.17, 15) is 19.2 Å². The largest absolute Gasteiger partial charge is 0.370 e. The molecule has 34 heavy (non-hydrogen) atoms. The fourth-order valence-corrected chi connectivity index (χ4v) is 5.14. The fourth-order valence-electron chi connectivity index (χ4n) is 4.20. The summed E-state index contributed by atoms with van der Waals surface area (Å²) in [5, 5.41) is 5.74. The van der Waals surface area contributed by atoms with E-state index < -0.39 is 17.4 Å². The van der Waals surface area contributed by atoms with Crippen LogP contribution in [0.3, 0.4) is 0 Å². The molecule has 9 nitrogen and oxygen atoms in total. The molecule has 2 aromatic rings. The van der Waals surface area contributed by atoms with Gasteiger partial charge in [-0.05, 0) is 49.2 Å². The number of nitrogens with one attached hydrogen (secondary N) is 2. The number of ether oxygens (including phenoxy) is 1. The van der Waals surface area contributed by atoms with Crippen LogP contribution >= 0.6 is 22.9 Å². The van der Waals surface area contributed by atoms with Crippen molar-refractivity contribution in [3.63, 3.8) is 0 Å². The van der Waals surface area contributed by atoms with Gasteiger partial charge in [0.15, 0.2) is 0 Å². The number of aryl methyl sites for hydroxylation is 1. The van der Waals surface area contributed by atoms with Gasteiger partial charge in [-0.25, -0.2) is 0 Å². The maximum atomic E-state index is 13.5. The summed E-state index contributed by atoms with van der Waals surface area (Å²) in [6.45, 7) is 4.69. The molecule has 0 aliphatic carbocycles. The molecule has 4 rings (SSSR count). The molecule has 11 heteroatoms. The molecular weight excluding hydrogens is 480 g/mol. The van der Waals surface area contributed by atoms with Gasteiger partial charge in [0.05, 0.1) is 22.4 Å². The van der Waals surface area contributed by atoms with Crippen LogP contribution in [0.2, 0.25) is 4.34 Å². The number of benzene rings is 1. The van der Waals surface area contributed by atoms with Crippen LogP contribution in [-0.2, 0) is 19.1 Å². The molecular formula is C23H25ClN4O5S. The normalized spacial score (nSPS) is 20.4. The van der Waals surface area contributed by atoms with E-state index in [2.05, 4.69) is 10.6 Å². The van der Waals surface area contributed by atoms with E-state index in [4.69, 9.17) is 16.3 Å². The molecule has 4 amide bonds. The molecule has 1 unspecified atom stereocenters. The molecule has 180 valence electrons. The number of anilines is 2. The first-order chi connectivity index (χ1) is 16.2. The van der Waals surface area contributed by atoms with Crippen molar-refractivity contribution in [2.24, 2.45) is 0 Å². The van der Waals surface area contributed by atoms with Gasteiger partial charge in [0.25, 0.3) is 17.7 Å². The maximum Gasteiger partial charge on any atom is 0.262 e. The van der Waals surface area contributed by atoms with E-state index in [1.165, 1.54) is 6.92 Å². The zero-order valence-corrected chi connectivity index (χ0v) is 20.4. The average molecular weight is 505 g/mol. The lowest BCUT2D eigenvalue weighted by atomic mass is 9.96. The summed E-state index contributed by atoms with van der Waals surface area (Å²) in [5.74, 6) is -1.12. The van der Waals surface area contributed by atoms with Gasteiger partial charge in [-0.15, -0.1) is 11.3 Å². The number of hydrogen-bond donors (Lipinski definition) is 2. The molecule has 2 fully saturated rings. The van der Waals surface area contributed by atoms with Gasteiger partial charge in [0.1, 0.15) is 12.1 Å². The third-order valence-corrected chi connectivity index (χ3v) is 7.26. The fraction of sp³-hybridized carbons (Fsp3) is 0.391. The molecule has 0 bridgehead atoms. The highest BCUT2D eigenvalue weighted by Gasteiger charge is 2.47. The van der Waals surface area contributed by atoms with Gasteiger partial charge >= 0.3 is 0 Å². The number of nitrogens with zero attached hydrogens (tertiary/aromatic N) is 2. The second-order valence-corrected chi connectivity index (χ2v) is 10.1. The van der Waals surface area contributed by atoms with Crippen LogP contribution in [0.1, 0.15) is 28.6 Å². The quantitative estimate of drug-likeness (QED) is 0.650. The Kier molecular flexibility index (Phi) is 6.92. The van der Waals surface area contributed by atoms with Crippen LogP contribution in [0.5, 0.6) is 0 Å². The third-order valence-electron chi connectivity index (χ3n) is 6.03. The van der Waals surface area contributed by atoms with Crippen LogP contribution in [0.4, 0.5) is 11.4 Å². The second kappa shape index (κ2) is 9.73. The Balaban J connectivity index is 1.55. The lowest BCUT2D eigenvalue weighted by Crippen LogP contribution is -2.58. The first-order valence-corrected chi connectivity index (χ1v) is 12.0. The zero-order chi connectivity index (χ0) is 24.5. The molecule has 3 heterocycles. The van der Waals surface area contributed by atoms with Crippen LogP contribution in [0.15, 0.2) is 30.3 Å². The number of thiophene rings is 1. The minimum absolute atomic E-state index is 0.0439. The van der Waals surface area contributed by atoms with Gasteiger partial charge in [0, 0.05) is 31.4 Å². The number of rotatable bonds is 5. The van der Waals surface area contributed by atoms with E-state index in [1.54, 1.807) is 40.1 Å². The van der Waals surface area contributed by atoms with Crippen molar-refractivity contribution in [1.82, 2.24) is 10.2 Å². The van der Waals surface area contributed by atoms with Crippen molar-refractivity contribution in [3.05, 3.63) is 45.1 Å². The highest BCUT2D eigenvalue weighted by atomic mass is 35.5. The summed E-state index contributed by atoms with van der Waals surface area (Å²) in [4.78, 5) is 54.1. The monoisotopic (exact) mass is 504 g/mol. The lowest BCUT2D eigenvalue weighted by molar-refractivity contribution is -0.128. The van der Waals surface area contributed by atoms with Crippen molar-refractivity contribution >= 4 is 57.9 Å². The van der Waals surface area contributed by atoms with E-state index in [0.29, 0.717) is 34.6 Å². The predicted octanol–water partition coefficient (Wildman–Crippen LogP) is 2.43. The van der Waals surface area contributed by atoms with Crippen LogP contribution < -0.4 is 15.5 Å². The number of morpholine rings is 1. The smallest absolute Gasteiger partial charge is 0.262 e. The Morgan fingerprint density at radius 2 is 1.97 bits per heavy atom. The third kappa shape index (κ3) is 4.94. The van der Waals surface area contributed by atoms with E-state index in [1.807, 2.05) is 6.92 Å². The minimum Gasteiger partial charge on any atom is -0.370 e. The molecule has 2 aliphatic heterocycles. The predicted molar refractivity (Wildman–Crippen MR) is 129 cm³/mol. The number of likely N-dealkylation sites (tertiary alicyclic amines) is 1. The molecule has 0 saturated carbocycles. The van der Waals surface area contributed by atoms with E-state index >= 15 is 0 Å². The lowest BCUT2D eigenvalue weighted by Gasteiger charge is -2.30. The standard InChI is InChI=1S/C23H25ClN4O5S/c1-14-11-16(3-4-17(14)28-9-10-33-12-20(28)30)25-22(32)23(7-8-27(13-23)15(2)29)26-21(31)18-5-6-19(24)34-18/h3-6,11H,7-10,12-13H2,1-2H3,(H,25,32)(H,26,31). The van der Waals surface area contributed by atoms with Gasteiger partial charge in [-0.3, -0.25) is 19.2 Å². The Hall–Kier alpha value is -2.95. The number of carbonyl (C=O) groups excluding carboxylic acids is 4. The molecule has 0 radical (unpaired) electrons. The van der Waals surface area contributed by atoms with E-state index in [0.717, 1.165) is 22.6 Å². The molecule has 2 N–H and O–H groups in total. The average Bonchev–Trinajstić information content (AvgIpc) is 3.42. The second-order valence-electron chi connectivity index (χ2n) is 8.38. The molecule has 2 aliphatic rings. The number of halogens is 1. The summed E-state index contributed by atoms with van der Waals surface area (Å²) in [6.07, 6.45) is 0.280. The number of carbonyl (C=O) groups is 4. The summed E-state index contributed by atoms with van der Waals surface area (Å²) < 4.78 is 5.66. The van der Waals surface area contributed by atoms with Crippen molar-refractivity contribution in [1.29, 1.82) is 0 Å². The van der Waals surface area contributed by atoms with Gasteiger partial charge in [0.2, 0.25) is 5.91 Å². The van der Waals surface area contributed by atoms with Crippen LogP contribution in [-0.4, -0.2) is 66.9 Å². The Morgan fingerprint density at radius 3 is 2.59 bits per heavy atom.